The minimum atomic E-state index is -1.00. The Labute approximate surface area is 123 Å². The van der Waals surface area contributed by atoms with Crippen molar-refractivity contribution in [2.45, 2.75) is 74.0 Å². The quantitative estimate of drug-likeness (QED) is 0.485. The molecule has 0 unspecified atom stereocenters. The zero-order valence-electron chi connectivity index (χ0n) is 11.0. The molecule has 0 saturated heterocycles. The summed E-state index contributed by atoms with van der Waals surface area (Å²) >= 11 is 0. The molecule has 0 aliphatic rings. The van der Waals surface area contributed by atoms with Gasteiger partial charge in [-0.1, -0.05) is 74.0 Å². The van der Waals surface area contributed by atoms with Gasteiger partial charge in [0.25, 0.3) is 0 Å². The fourth-order valence-electron chi connectivity index (χ4n) is 2.60. The van der Waals surface area contributed by atoms with Crippen LogP contribution < -0.4 is 0 Å². The highest BCUT2D eigenvalue weighted by Gasteiger charge is 2.29. The Hall–Kier alpha value is 1.08. The maximum Gasteiger partial charge on any atom is 0.0535 e. The van der Waals surface area contributed by atoms with Crippen LogP contribution in [-0.2, 0) is 0 Å². The van der Waals surface area contributed by atoms with E-state index >= 15 is 0 Å². The molecular weight excluding hydrogens is 285 g/mol. The van der Waals surface area contributed by atoms with E-state index in [9.17, 15) is 0 Å². The number of rotatable bonds is 12. The topological polar surface area (TPSA) is 0 Å². The molecule has 0 spiro atoms. The zero-order chi connectivity index (χ0) is 13.0. The normalized spacial score (nSPS) is 12.0. The van der Waals surface area contributed by atoms with Crippen LogP contribution in [-0.4, -0.2) is 49.0 Å². The van der Waals surface area contributed by atoms with Crippen LogP contribution in [0.25, 0.3) is 0 Å². The highest BCUT2D eigenvalue weighted by Crippen LogP contribution is 2.33. The third-order valence-corrected chi connectivity index (χ3v) is 10.6. The van der Waals surface area contributed by atoms with Gasteiger partial charge in [0, 0.05) is 41.0 Å². The van der Waals surface area contributed by atoms with Crippen molar-refractivity contribution >= 4 is 49.0 Å². The number of hydrogen-bond donors (Lipinski definition) is 0. The second-order valence-corrected chi connectivity index (χ2v) is 11.9. The first-order valence-electron chi connectivity index (χ1n) is 6.83. The minimum Gasteiger partial charge on any atom is -0.0640 e. The Morgan fingerprint density at radius 3 is 0.882 bits per heavy atom. The summed E-state index contributed by atoms with van der Waals surface area (Å²) in [6.07, 6.45) is 5.48. The van der Waals surface area contributed by atoms with E-state index in [1.165, 1.54) is 74.0 Å². The lowest BCUT2D eigenvalue weighted by molar-refractivity contribution is 0.879. The Morgan fingerprint density at radius 1 is 0.471 bits per heavy atom. The van der Waals surface area contributed by atoms with Gasteiger partial charge in [0.1, 0.15) is 0 Å². The van der Waals surface area contributed by atoms with Gasteiger partial charge in [-0.25, -0.2) is 0 Å². The Balaban J connectivity index is 4.39. The first-order chi connectivity index (χ1) is 8.24. The summed E-state index contributed by atoms with van der Waals surface area (Å²) in [5, 5.41) is 0. The van der Waals surface area contributed by atoms with Crippen molar-refractivity contribution in [3.05, 3.63) is 0 Å². The Kier molecular flexibility index (Phi) is 12.9. The molecule has 0 atom stereocenters. The molecule has 0 aliphatic heterocycles. The molecule has 0 fully saturated rings. The minimum absolute atomic E-state index is 1.00. The lowest BCUT2D eigenvalue weighted by Crippen LogP contribution is -2.33. The van der Waals surface area contributed by atoms with Gasteiger partial charge in [0.2, 0.25) is 0 Å². The molecule has 0 aromatic carbocycles. The largest absolute Gasteiger partial charge is 0.0640 e. The standard InChI is InChI=1S/C12H24Si5/c13-5-1-9-17(10-2-6-14,11-3-7-15)12-4-8-16/h1-12H2. The lowest BCUT2D eigenvalue weighted by atomic mass is 10.5. The van der Waals surface area contributed by atoms with Crippen LogP contribution in [0.15, 0.2) is 0 Å². The summed E-state index contributed by atoms with van der Waals surface area (Å²) in [4.78, 5) is 0. The molecule has 0 rings (SSSR count). The summed E-state index contributed by atoms with van der Waals surface area (Å²) in [5.74, 6) is 0. The average Bonchev–Trinajstić information content (AvgIpc) is 2.37. The fourth-order valence-corrected chi connectivity index (χ4v) is 9.93. The second-order valence-electron chi connectivity index (χ2n) is 4.91. The van der Waals surface area contributed by atoms with Crippen molar-refractivity contribution in [3.8, 4) is 0 Å². The van der Waals surface area contributed by atoms with Gasteiger partial charge in [0.15, 0.2) is 0 Å². The van der Waals surface area contributed by atoms with E-state index in [0.717, 1.165) is 0 Å². The van der Waals surface area contributed by atoms with Gasteiger partial charge in [-0.15, -0.1) is 0 Å². The van der Waals surface area contributed by atoms with Crippen molar-refractivity contribution in [3.63, 3.8) is 0 Å². The molecular formula is C12H24Si5. The summed E-state index contributed by atoms with van der Waals surface area (Å²) in [7, 11) is 13.6. The van der Waals surface area contributed by atoms with E-state index in [1.807, 2.05) is 0 Å². The SMILES string of the molecule is [Si]CCC[Si](CCC[Si])(CCC[Si])CCC[Si]. The molecule has 0 aromatic heterocycles. The predicted molar refractivity (Wildman–Crippen MR) is 85.7 cm³/mol. The maximum atomic E-state index is 3.65. The van der Waals surface area contributed by atoms with Gasteiger partial charge in [-0.05, 0) is 0 Å². The molecule has 92 valence electrons. The molecule has 0 amide bonds. The van der Waals surface area contributed by atoms with Gasteiger partial charge in [-0.3, -0.25) is 0 Å². The first-order valence-corrected chi connectivity index (χ1v) is 12.5. The van der Waals surface area contributed by atoms with Gasteiger partial charge in [0.05, 0.1) is 8.07 Å². The van der Waals surface area contributed by atoms with Crippen molar-refractivity contribution in [2.24, 2.45) is 0 Å². The van der Waals surface area contributed by atoms with E-state index < -0.39 is 8.07 Å². The highest BCUT2D eigenvalue weighted by molar-refractivity contribution is 6.80. The molecule has 17 heavy (non-hydrogen) atoms. The van der Waals surface area contributed by atoms with Crippen LogP contribution >= 0.6 is 0 Å². The first kappa shape index (κ1) is 18.1. The fraction of sp³-hybridized carbons (Fsp3) is 1.00. The summed E-state index contributed by atoms with van der Waals surface area (Å²) in [5.41, 5.74) is 0. The molecule has 12 radical (unpaired) electrons. The molecule has 0 nitrogen and oxygen atoms in total. The van der Waals surface area contributed by atoms with Crippen molar-refractivity contribution in [1.82, 2.24) is 0 Å². The summed E-state index contributed by atoms with van der Waals surface area (Å²) in [6, 6.07) is 10.7. The molecule has 0 bridgehead atoms. The predicted octanol–water partition coefficient (Wildman–Crippen LogP) is 3.34. The van der Waals surface area contributed by atoms with E-state index in [4.69, 9.17) is 0 Å². The lowest BCUT2D eigenvalue weighted by Gasteiger charge is -2.32. The summed E-state index contributed by atoms with van der Waals surface area (Å²) in [6.45, 7) is 0. The van der Waals surface area contributed by atoms with E-state index in [0.29, 0.717) is 0 Å². The molecule has 0 N–H and O–H groups in total. The molecule has 0 heterocycles. The van der Waals surface area contributed by atoms with Crippen molar-refractivity contribution in [2.75, 3.05) is 0 Å². The summed E-state index contributed by atoms with van der Waals surface area (Å²) < 4.78 is 0. The van der Waals surface area contributed by atoms with Crippen LogP contribution in [0.2, 0.25) is 48.4 Å². The van der Waals surface area contributed by atoms with Crippen LogP contribution in [0.3, 0.4) is 0 Å². The van der Waals surface area contributed by atoms with Gasteiger partial charge >= 0.3 is 0 Å². The molecule has 0 aromatic rings. The number of hydrogen-bond acceptors (Lipinski definition) is 0. The second kappa shape index (κ2) is 12.1. The maximum absolute atomic E-state index is 3.65. The Bertz CT molecular complexity index is 125. The van der Waals surface area contributed by atoms with Crippen LogP contribution in [0, 0.1) is 0 Å². The molecule has 0 saturated carbocycles. The monoisotopic (exact) mass is 308 g/mol. The van der Waals surface area contributed by atoms with Gasteiger partial charge < -0.3 is 0 Å². The van der Waals surface area contributed by atoms with E-state index in [-0.39, 0.29) is 0 Å². The third-order valence-electron chi connectivity index (χ3n) is 3.54. The smallest absolute Gasteiger partial charge is 0.0535 e. The third kappa shape index (κ3) is 8.74. The van der Waals surface area contributed by atoms with Gasteiger partial charge in [-0.2, -0.15) is 0 Å². The molecule has 0 aliphatic carbocycles. The van der Waals surface area contributed by atoms with Crippen molar-refractivity contribution in [1.29, 1.82) is 0 Å². The van der Waals surface area contributed by atoms with E-state index in [1.54, 1.807) is 0 Å². The Morgan fingerprint density at radius 2 is 0.706 bits per heavy atom. The average molecular weight is 309 g/mol. The van der Waals surface area contributed by atoms with Crippen LogP contribution in [0.4, 0.5) is 0 Å². The van der Waals surface area contributed by atoms with Crippen molar-refractivity contribution < 1.29 is 0 Å². The molecule has 5 heteroatoms. The van der Waals surface area contributed by atoms with Crippen LogP contribution in [0.1, 0.15) is 25.7 Å². The zero-order valence-corrected chi connectivity index (χ0v) is 16.0. The van der Waals surface area contributed by atoms with E-state index in [2.05, 4.69) is 41.0 Å². The van der Waals surface area contributed by atoms with Crippen LogP contribution in [0.5, 0.6) is 0 Å². The highest BCUT2D eigenvalue weighted by atomic mass is 28.3.